The normalized spacial score (nSPS) is 10.8. The van der Waals surface area contributed by atoms with Gasteiger partial charge in [0.15, 0.2) is 0 Å². The second kappa shape index (κ2) is 4.49. The van der Waals surface area contributed by atoms with Crippen molar-refractivity contribution in [3.63, 3.8) is 0 Å². The van der Waals surface area contributed by atoms with Gasteiger partial charge in [0.05, 0.1) is 12.3 Å². The molecule has 0 saturated heterocycles. The third-order valence-corrected chi connectivity index (χ3v) is 2.46. The van der Waals surface area contributed by atoms with Crippen molar-refractivity contribution < 1.29 is 4.74 Å². The van der Waals surface area contributed by atoms with E-state index in [2.05, 4.69) is 16.3 Å². The van der Waals surface area contributed by atoms with Crippen LogP contribution in [0.25, 0.3) is 11.1 Å². The van der Waals surface area contributed by atoms with E-state index in [1.165, 1.54) is 0 Å². The smallest absolute Gasteiger partial charge is 0.127 e. The number of nitrogens with zero attached hydrogens (tertiary/aromatic N) is 1. The predicted molar refractivity (Wildman–Crippen MR) is 68.9 cm³/mol. The van der Waals surface area contributed by atoms with Gasteiger partial charge in [0.1, 0.15) is 11.6 Å². The van der Waals surface area contributed by atoms with Crippen LogP contribution in [0.4, 0.5) is 5.82 Å². The first-order chi connectivity index (χ1) is 8.08. The minimum atomic E-state index is 0.129. The fourth-order valence-electron chi connectivity index (χ4n) is 1.72. The number of anilines is 1. The van der Waals surface area contributed by atoms with E-state index >= 15 is 0 Å². The number of aryl methyl sites for hydroxylation is 1. The van der Waals surface area contributed by atoms with Gasteiger partial charge in [-0.05, 0) is 32.9 Å². The number of benzene rings is 1. The van der Waals surface area contributed by atoms with Crippen LogP contribution in [0.15, 0.2) is 24.4 Å². The highest BCUT2D eigenvalue weighted by atomic mass is 16.5. The average molecular weight is 231 g/mol. The summed E-state index contributed by atoms with van der Waals surface area (Å²) in [6, 6.07) is 6.05. The minimum absolute atomic E-state index is 0.129. The lowest BCUT2D eigenvalue weighted by molar-refractivity contribution is 0.243. The summed E-state index contributed by atoms with van der Waals surface area (Å²) in [5.74, 6) is 1.39. The zero-order valence-corrected chi connectivity index (χ0v) is 10.3. The molecule has 90 valence electrons. The molecular weight excluding hydrogens is 214 g/mol. The number of rotatable bonds is 3. The van der Waals surface area contributed by atoms with Crippen molar-refractivity contribution in [3.05, 3.63) is 30.0 Å². The van der Waals surface area contributed by atoms with E-state index in [-0.39, 0.29) is 6.10 Å². The van der Waals surface area contributed by atoms with Crippen molar-refractivity contribution in [1.82, 2.24) is 10.2 Å². The molecule has 4 heteroatoms. The van der Waals surface area contributed by atoms with Crippen molar-refractivity contribution in [2.45, 2.75) is 26.9 Å². The number of aromatic amines is 1. The number of H-pyrrole nitrogens is 1. The van der Waals surface area contributed by atoms with Gasteiger partial charge in [-0.2, -0.15) is 5.10 Å². The van der Waals surface area contributed by atoms with Gasteiger partial charge in [0.2, 0.25) is 0 Å². The number of hydrogen-bond acceptors (Lipinski definition) is 3. The van der Waals surface area contributed by atoms with Crippen LogP contribution in [0, 0.1) is 6.92 Å². The maximum absolute atomic E-state index is 5.85. The summed E-state index contributed by atoms with van der Waals surface area (Å²) in [4.78, 5) is 0. The Labute approximate surface area is 101 Å². The summed E-state index contributed by atoms with van der Waals surface area (Å²) in [7, 11) is 0. The number of nitrogen functional groups attached to an aromatic ring is 1. The van der Waals surface area contributed by atoms with Crippen LogP contribution in [-0.4, -0.2) is 16.3 Å². The van der Waals surface area contributed by atoms with Crippen molar-refractivity contribution in [3.8, 4) is 16.9 Å². The molecule has 0 fully saturated rings. The molecule has 0 atom stereocenters. The molecule has 0 amide bonds. The highest BCUT2D eigenvalue weighted by Crippen LogP contribution is 2.34. The lowest BCUT2D eigenvalue weighted by atomic mass is 10.0. The van der Waals surface area contributed by atoms with Gasteiger partial charge in [0.25, 0.3) is 0 Å². The summed E-state index contributed by atoms with van der Waals surface area (Å²) in [6.07, 6.45) is 1.85. The van der Waals surface area contributed by atoms with Gasteiger partial charge in [-0.1, -0.05) is 11.6 Å². The van der Waals surface area contributed by atoms with Crippen molar-refractivity contribution in [2.24, 2.45) is 0 Å². The molecule has 0 unspecified atom stereocenters. The summed E-state index contributed by atoms with van der Waals surface area (Å²) in [5.41, 5.74) is 8.87. The summed E-state index contributed by atoms with van der Waals surface area (Å²) in [5, 5.41) is 6.68. The monoisotopic (exact) mass is 231 g/mol. The van der Waals surface area contributed by atoms with Crippen LogP contribution < -0.4 is 10.5 Å². The fraction of sp³-hybridized carbons (Fsp3) is 0.308. The third kappa shape index (κ3) is 2.41. The van der Waals surface area contributed by atoms with Crippen molar-refractivity contribution in [2.75, 3.05) is 5.73 Å². The van der Waals surface area contributed by atoms with E-state index < -0.39 is 0 Å². The van der Waals surface area contributed by atoms with Crippen LogP contribution >= 0.6 is 0 Å². The summed E-state index contributed by atoms with van der Waals surface area (Å²) in [6.45, 7) is 6.05. The Hall–Kier alpha value is -1.97. The quantitative estimate of drug-likeness (QED) is 0.853. The maximum atomic E-state index is 5.85. The molecule has 3 N–H and O–H groups in total. The molecule has 0 radical (unpaired) electrons. The standard InChI is InChI=1S/C13H17N3O/c1-8(2)17-12-5-4-9(3)6-10(12)11-7-15-16-13(11)14/h4-8H,1-3H3,(H3,14,15,16). The first-order valence-electron chi connectivity index (χ1n) is 5.64. The first-order valence-corrected chi connectivity index (χ1v) is 5.64. The lowest BCUT2D eigenvalue weighted by Crippen LogP contribution is -2.06. The Kier molecular flexibility index (Phi) is 3.04. The van der Waals surface area contributed by atoms with Crippen LogP contribution in [0.5, 0.6) is 5.75 Å². The van der Waals surface area contributed by atoms with Crippen LogP contribution in [0.1, 0.15) is 19.4 Å². The number of aromatic nitrogens is 2. The van der Waals surface area contributed by atoms with Gasteiger partial charge in [-0.15, -0.1) is 0 Å². The lowest BCUT2D eigenvalue weighted by Gasteiger charge is -2.14. The van der Waals surface area contributed by atoms with Gasteiger partial charge in [0, 0.05) is 11.1 Å². The number of ether oxygens (including phenoxy) is 1. The molecule has 0 saturated carbocycles. The summed E-state index contributed by atoms with van der Waals surface area (Å²) >= 11 is 0. The van der Waals surface area contributed by atoms with Gasteiger partial charge < -0.3 is 10.5 Å². The van der Waals surface area contributed by atoms with Crippen LogP contribution in [0.3, 0.4) is 0 Å². The van der Waals surface area contributed by atoms with Gasteiger partial charge in [-0.3, -0.25) is 5.10 Å². The van der Waals surface area contributed by atoms with Crippen LogP contribution in [0.2, 0.25) is 0 Å². The molecule has 0 aliphatic carbocycles. The molecule has 1 heterocycles. The predicted octanol–water partition coefficient (Wildman–Crippen LogP) is 2.75. The number of hydrogen-bond donors (Lipinski definition) is 2. The molecule has 17 heavy (non-hydrogen) atoms. The third-order valence-electron chi connectivity index (χ3n) is 2.46. The van der Waals surface area contributed by atoms with E-state index in [9.17, 15) is 0 Å². The van der Waals surface area contributed by atoms with E-state index in [0.29, 0.717) is 5.82 Å². The molecule has 2 rings (SSSR count). The molecule has 1 aromatic carbocycles. The van der Waals surface area contributed by atoms with Gasteiger partial charge in [-0.25, -0.2) is 0 Å². The van der Waals surface area contributed by atoms with Crippen molar-refractivity contribution in [1.29, 1.82) is 0 Å². The van der Waals surface area contributed by atoms with Crippen molar-refractivity contribution >= 4 is 5.82 Å². The zero-order chi connectivity index (χ0) is 12.4. The fourth-order valence-corrected chi connectivity index (χ4v) is 1.72. The zero-order valence-electron chi connectivity index (χ0n) is 10.3. The Morgan fingerprint density at radius 1 is 1.29 bits per heavy atom. The highest BCUT2D eigenvalue weighted by Gasteiger charge is 2.12. The Balaban J connectivity index is 2.51. The van der Waals surface area contributed by atoms with E-state index in [4.69, 9.17) is 10.5 Å². The van der Waals surface area contributed by atoms with E-state index in [1.54, 1.807) is 6.20 Å². The average Bonchev–Trinajstić information content (AvgIpc) is 2.66. The minimum Gasteiger partial charge on any atom is -0.490 e. The number of nitrogens with one attached hydrogen (secondary N) is 1. The second-order valence-corrected chi connectivity index (χ2v) is 4.36. The van der Waals surface area contributed by atoms with Crippen LogP contribution in [-0.2, 0) is 0 Å². The topological polar surface area (TPSA) is 63.9 Å². The van der Waals surface area contributed by atoms with E-state index in [0.717, 1.165) is 22.4 Å². The van der Waals surface area contributed by atoms with E-state index in [1.807, 2.05) is 32.9 Å². The Bertz CT molecular complexity index is 517. The maximum Gasteiger partial charge on any atom is 0.127 e. The second-order valence-electron chi connectivity index (χ2n) is 4.36. The molecule has 1 aromatic heterocycles. The molecule has 0 spiro atoms. The molecule has 4 nitrogen and oxygen atoms in total. The number of nitrogens with two attached hydrogens (primary N) is 1. The summed E-state index contributed by atoms with van der Waals surface area (Å²) < 4.78 is 5.78. The molecule has 0 bridgehead atoms. The molecule has 2 aromatic rings. The Morgan fingerprint density at radius 3 is 2.65 bits per heavy atom. The molecular formula is C13H17N3O. The first kappa shape index (κ1) is 11.5. The largest absolute Gasteiger partial charge is 0.490 e. The highest BCUT2D eigenvalue weighted by molar-refractivity contribution is 5.78. The van der Waals surface area contributed by atoms with Gasteiger partial charge >= 0.3 is 0 Å². The molecule has 0 aliphatic rings. The Morgan fingerprint density at radius 2 is 2.06 bits per heavy atom. The SMILES string of the molecule is Cc1ccc(OC(C)C)c(-c2cn[nH]c2N)c1. The molecule has 0 aliphatic heterocycles.